The van der Waals surface area contributed by atoms with Crippen LogP contribution in [0.1, 0.15) is 5.56 Å². The van der Waals surface area contributed by atoms with Crippen molar-refractivity contribution in [3.05, 3.63) is 18.0 Å². The monoisotopic (exact) mass is 126 g/mol. The summed E-state index contributed by atoms with van der Waals surface area (Å²) in [5.74, 6) is 0. The molecule has 0 aliphatic rings. The molecule has 1 aromatic rings. The predicted molar refractivity (Wildman–Crippen MR) is 30.4 cm³/mol. The number of nitrogens with zero attached hydrogens (tertiary/aromatic N) is 2. The van der Waals surface area contributed by atoms with E-state index in [0.717, 1.165) is 10.2 Å². The number of hydrogen-bond acceptors (Lipinski definition) is 2. The molecule has 0 aromatic carbocycles. The quantitative estimate of drug-likeness (QED) is 0.557. The largest absolute Gasteiger partial charge is 0.463 e. The highest BCUT2D eigenvalue weighted by molar-refractivity contribution is 5.66. The molecule has 0 bridgehead atoms. The van der Waals surface area contributed by atoms with Gasteiger partial charge in [0.05, 0.1) is 6.20 Å². The van der Waals surface area contributed by atoms with E-state index in [1.807, 2.05) is 0 Å². The zero-order chi connectivity index (χ0) is 6.85. The summed E-state index contributed by atoms with van der Waals surface area (Å²) < 4.78 is 0.870. The Morgan fingerprint density at radius 2 is 2.56 bits per heavy atom. The van der Waals surface area contributed by atoms with Crippen LogP contribution in [0, 0.1) is 6.92 Å². The number of carbonyl (C=O) groups is 1. The molecule has 0 fully saturated rings. The predicted octanol–water partition coefficient (Wildman–Crippen LogP) is 0.718. The van der Waals surface area contributed by atoms with Gasteiger partial charge in [-0.05, 0) is 12.5 Å². The zero-order valence-corrected chi connectivity index (χ0v) is 4.90. The average Bonchev–Trinajstić information content (AvgIpc) is 2.14. The highest BCUT2D eigenvalue weighted by Gasteiger charge is 1.98. The van der Waals surface area contributed by atoms with Crippen LogP contribution in [0.3, 0.4) is 0 Å². The van der Waals surface area contributed by atoms with Crippen molar-refractivity contribution >= 4 is 6.09 Å². The molecule has 0 aliphatic heterocycles. The van der Waals surface area contributed by atoms with Crippen molar-refractivity contribution in [1.29, 1.82) is 0 Å². The molecule has 9 heavy (non-hydrogen) atoms. The van der Waals surface area contributed by atoms with Crippen molar-refractivity contribution in [2.75, 3.05) is 0 Å². The fraction of sp³-hybridized carbons (Fsp3) is 0.200. The first-order valence-electron chi connectivity index (χ1n) is 2.45. The first-order chi connectivity index (χ1) is 4.20. The Morgan fingerprint density at radius 3 is 2.78 bits per heavy atom. The summed E-state index contributed by atoms with van der Waals surface area (Å²) in [5, 5.41) is 11.8. The average molecular weight is 126 g/mol. The Kier molecular flexibility index (Phi) is 1.22. The van der Waals surface area contributed by atoms with Crippen LogP contribution in [-0.2, 0) is 0 Å². The van der Waals surface area contributed by atoms with Gasteiger partial charge in [-0.2, -0.15) is 9.78 Å². The highest BCUT2D eigenvalue weighted by Crippen LogP contribution is 1.92. The number of carboxylic acid groups (broad SMARTS) is 1. The Hall–Kier alpha value is -1.32. The summed E-state index contributed by atoms with van der Waals surface area (Å²) in [6, 6.07) is 0. The van der Waals surface area contributed by atoms with Gasteiger partial charge in [-0.25, -0.2) is 4.79 Å². The van der Waals surface area contributed by atoms with Gasteiger partial charge in [0.25, 0.3) is 0 Å². The van der Waals surface area contributed by atoms with Crippen LogP contribution in [0.25, 0.3) is 0 Å². The Balaban J connectivity index is 2.98. The molecule has 1 N–H and O–H groups in total. The third-order valence-corrected chi connectivity index (χ3v) is 0.908. The molecule has 0 amide bonds. The van der Waals surface area contributed by atoms with Crippen LogP contribution < -0.4 is 0 Å². The molecular weight excluding hydrogens is 120 g/mol. The SMILES string of the molecule is Cc1cnn(C(=O)O)c1. The summed E-state index contributed by atoms with van der Waals surface area (Å²) in [5.41, 5.74) is 0.845. The van der Waals surface area contributed by atoms with E-state index in [1.165, 1.54) is 12.4 Å². The lowest BCUT2D eigenvalue weighted by atomic mass is 10.4. The lowest BCUT2D eigenvalue weighted by Crippen LogP contribution is -2.07. The maximum Gasteiger partial charge on any atom is 0.432 e. The van der Waals surface area contributed by atoms with Crippen LogP contribution in [-0.4, -0.2) is 21.0 Å². The van der Waals surface area contributed by atoms with Gasteiger partial charge in [0.2, 0.25) is 0 Å². The zero-order valence-electron chi connectivity index (χ0n) is 4.90. The molecule has 1 heterocycles. The maximum atomic E-state index is 10.1. The van der Waals surface area contributed by atoms with Crippen LogP contribution in [0.15, 0.2) is 12.4 Å². The van der Waals surface area contributed by atoms with E-state index in [1.54, 1.807) is 6.92 Å². The molecule has 4 heteroatoms. The van der Waals surface area contributed by atoms with E-state index < -0.39 is 6.09 Å². The highest BCUT2D eigenvalue weighted by atomic mass is 16.4. The summed E-state index contributed by atoms with van der Waals surface area (Å²) in [7, 11) is 0. The van der Waals surface area contributed by atoms with Gasteiger partial charge in [-0.1, -0.05) is 0 Å². The lowest BCUT2D eigenvalue weighted by Gasteiger charge is -1.85. The fourth-order valence-electron chi connectivity index (χ4n) is 0.517. The summed E-state index contributed by atoms with van der Waals surface area (Å²) in [4.78, 5) is 10.1. The minimum Gasteiger partial charge on any atom is -0.463 e. The van der Waals surface area contributed by atoms with Gasteiger partial charge >= 0.3 is 6.09 Å². The summed E-state index contributed by atoms with van der Waals surface area (Å²) in [6.45, 7) is 1.78. The first-order valence-corrected chi connectivity index (χ1v) is 2.45. The fourth-order valence-corrected chi connectivity index (χ4v) is 0.517. The molecule has 4 nitrogen and oxygen atoms in total. The van der Waals surface area contributed by atoms with Crippen molar-refractivity contribution in [2.45, 2.75) is 6.92 Å². The van der Waals surface area contributed by atoms with Crippen LogP contribution in [0.4, 0.5) is 4.79 Å². The number of hydrogen-bond donors (Lipinski definition) is 1. The summed E-state index contributed by atoms with van der Waals surface area (Å²) in [6.07, 6.45) is 1.89. The van der Waals surface area contributed by atoms with Gasteiger partial charge in [0, 0.05) is 6.20 Å². The standard InChI is InChI=1S/C5H6N2O2/c1-4-2-6-7(3-4)5(8)9/h2-3H,1H3,(H,8,9). The van der Waals surface area contributed by atoms with Crippen molar-refractivity contribution in [1.82, 2.24) is 9.78 Å². The molecule has 1 aromatic heterocycles. The first kappa shape index (κ1) is 5.81. The van der Waals surface area contributed by atoms with Crippen molar-refractivity contribution < 1.29 is 9.90 Å². The third kappa shape index (κ3) is 1.07. The van der Waals surface area contributed by atoms with E-state index in [4.69, 9.17) is 5.11 Å². The van der Waals surface area contributed by atoms with E-state index in [2.05, 4.69) is 5.10 Å². The molecule has 48 valence electrons. The van der Waals surface area contributed by atoms with Crippen molar-refractivity contribution in [3.8, 4) is 0 Å². The van der Waals surface area contributed by atoms with E-state index >= 15 is 0 Å². The molecular formula is C5H6N2O2. The topological polar surface area (TPSA) is 55.1 Å². The minimum absolute atomic E-state index is 0.845. The van der Waals surface area contributed by atoms with Gasteiger partial charge in [0.1, 0.15) is 0 Å². The summed E-state index contributed by atoms with van der Waals surface area (Å²) >= 11 is 0. The van der Waals surface area contributed by atoms with Crippen LogP contribution >= 0.6 is 0 Å². The van der Waals surface area contributed by atoms with Gasteiger partial charge in [-0.15, -0.1) is 0 Å². The molecule has 0 saturated carbocycles. The van der Waals surface area contributed by atoms with E-state index in [9.17, 15) is 4.79 Å². The van der Waals surface area contributed by atoms with Crippen LogP contribution in [0.5, 0.6) is 0 Å². The normalized spacial score (nSPS) is 9.44. The Morgan fingerprint density at radius 1 is 1.89 bits per heavy atom. The Labute approximate surface area is 51.7 Å². The molecule has 0 radical (unpaired) electrons. The smallest absolute Gasteiger partial charge is 0.432 e. The van der Waals surface area contributed by atoms with Gasteiger partial charge < -0.3 is 5.11 Å². The van der Waals surface area contributed by atoms with Crippen LogP contribution in [0.2, 0.25) is 0 Å². The van der Waals surface area contributed by atoms with E-state index in [0.29, 0.717) is 0 Å². The second-order valence-corrected chi connectivity index (χ2v) is 1.74. The Bertz CT molecular complexity index is 229. The molecule has 0 unspecified atom stereocenters. The van der Waals surface area contributed by atoms with Crippen molar-refractivity contribution in [3.63, 3.8) is 0 Å². The van der Waals surface area contributed by atoms with Gasteiger partial charge in [0.15, 0.2) is 0 Å². The van der Waals surface area contributed by atoms with Crippen molar-refractivity contribution in [2.24, 2.45) is 0 Å². The number of aryl methyl sites for hydroxylation is 1. The minimum atomic E-state index is -1.05. The van der Waals surface area contributed by atoms with E-state index in [-0.39, 0.29) is 0 Å². The molecule has 0 aliphatic carbocycles. The second-order valence-electron chi connectivity index (χ2n) is 1.74. The molecule has 1 rings (SSSR count). The lowest BCUT2D eigenvalue weighted by molar-refractivity contribution is 0.192. The molecule has 0 saturated heterocycles. The second kappa shape index (κ2) is 1.89. The maximum absolute atomic E-state index is 10.1. The van der Waals surface area contributed by atoms with Gasteiger partial charge in [-0.3, -0.25) is 0 Å². The molecule has 0 atom stereocenters. The molecule has 0 spiro atoms. The number of aromatic nitrogens is 2. The number of rotatable bonds is 0. The third-order valence-electron chi connectivity index (χ3n) is 0.908.